The highest BCUT2D eigenvalue weighted by Gasteiger charge is 2.64. The number of hydrogen-bond acceptors (Lipinski definition) is 3. The van der Waals surface area contributed by atoms with Gasteiger partial charge in [0.25, 0.3) is 0 Å². The largest absolute Gasteiger partial charge is 0.311 e. The molecular weight excluding hydrogens is 933 g/mol. The number of fused-ring (bicyclic) bond motifs is 21. The molecular formula is C70H52N2S2. The Morgan fingerprint density at radius 1 is 0.514 bits per heavy atom. The highest BCUT2D eigenvalue weighted by molar-refractivity contribution is 8.00. The molecule has 0 radical (unpaired) electrons. The standard InChI is InChI=1S/C70H52N2S2/c1-44-32-37-66-60(40-44)70(58-27-13-17-31-65(58)74-66)55-24-10-9-23-54(55)68(2)39-38-48(43-67(68)70)71(47-34-36-52-51-21-7-14-28-61(51)72(62(52)42-47)45-18-4-3-5-19-45)46-33-35-50-49-20-6-8-22-53(49)69(59(50)41-46)56-25-11-15-29-63(56)73-64-30-16-12-26-57(64)69/h3-39,41-44,60,66-67H,40H2,1-2H3. The molecule has 0 bridgehead atoms. The predicted molar refractivity (Wildman–Crippen MR) is 309 cm³/mol. The molecule has 4 aliphatic carbocycles. The smallest absolute Gasteiger partial charge is 0.0736 e. The van der Waals surface area contributed by atoms with Crippen molar-refractivity contribution in [1.29, 1.82) is 0 Å². The van der Waals surface area contributed by atoms with E-state index >= 15 is 0 Å². The summed E-state index contributed by atoms with van der Waals surface area (Å²) < 4.78 is 2.47. The van der Waals surface area contributed by atoms with Crippen LogP contribution in [0.1, 0.15) is 59.2 Å². The van der Waals surface area contributed by atoms with Crippen molar-refractivity contribution >= 4 is 56.7 Å². The maximum atomic E-state index is 2.74. The third kappa shape index (κ3) is 5.60. The van der Waals surface area contributed by atoms with Crippen LogP contribution in [-0.4, -0.2) is 9.82 Å². The van der Waals surface area contributed by atoms with Gasteiger partial charge in [-0.1, -0.05) is 202 Å². The quantitative estimate of drug-likeness (QED) is 0.163. The van der Waals surface area contributed by atoms with E-state index in [1.165, 1.54) is 92.3 Å². The van der Waals surface area contributed by atoms with Crippen molar-refractivity contribution in [1.82, 2.24) is 4.57 Å². The highest BCUT2D eigenvalue weighted by Crippen LogP contribution is 2.69. The third-order valence-corrected chi connectivity index (χ3v) is 20.7. The second kappa shape index (κ2) is 15.8. The highest BCUT2D eigenvalue weighted by atomic mass is 32.2. The van der Waals surface area contributed by atoms with Gasteiger partial charge in [0, 0.05) is 70.2 Å². The third-order valence-electron chi connectivity index (χ3n) is 18.1. The molecule has 2 nitrogen and oxygen atoms in total. The number of thioether (sulfide) groups is 1. The van der Waals surface area contributed by atoms with Crippen molar-refractivity contribution in [2.75, 3.05) is 4.90 Å². The zero-order chi connectivity index (χ0) is 48.9. The lowest BCUT2D eigenvalue weighted by molar-refractivity contribution is 0.194. The van der Waals surface area contributed by atoms with Crippen molar-refractivity contribution in [2.24, 2.45) is 17.8 Å². The predicted octanol–water partition coefficient (Wildman–Crippen LogP) is 17.8. The van der Waals surface area contributed by atoms with Gasteiger partial charge in [-0.25, -0.2) is 0 Å². The molecule has 2 aliphatic heterocycles. The SMILES string of the molecule is CC1C=CC2Sc3ccccc3C3(c4ccccc4C4(C)C=CC(N(c5ccc6c(c5)C5(c7ccccc7Sc7ccccc75)c5ccccc5-6)c5ccc6c7ccccc7n(-c7ccccc7)c6c5)=CC43)C2C1. The molecule has 3 heterocycles. The molecule has 6 unspecified atom stereocenters. The van der Waals surface area contributed by atoms with Crippen LogP contribution in [0.2, 0.25) is 0 Å². The Kier molecular flexibility index (Phi) is 9.15. The molecule has 1 aromatic heterocycles. The van der Waals surface area contributed by atoms with Gasteiger partial charge in [0.1, 0.15) is 0 Å². The van der Waals surface area contributed by atoms with Crippen LogP contribution in [0.25, 0.3) is 38.6 Å². The van der Waals surface area contributed by atoms with E-state index in [9.17, 15) is 0 Å². The Morgan fingerprint density at radius 3 is 1.92 bits per heavy atom. The summed E-state index contributed by atoms with van der Waals surface area (Å²) in [5.74, 6) is 1.05. The van der Waals surface area contributed by atoms with Crippen molar-refractivity contribution < 1.29 is 0 Å². The van der Waals surface area contributed by atoms with Crippen LogP contribution in [0.15, 0.2) is 263 Å². The number of hydrogen-bond donors (Lipinski definition) is 0. The molecule has 0 fully saturated rings. The summed E-state index contributed by atoms with van der Waals surface area (Å²) in [7, 11) is 0. The second-order valence-electron chi connectivity index (χ2n) is 21.7. The molecule has 0 amide bonds. The lowest BCUT2D eigenvalue weighted by Crippen LogP contribution is -2.51. The van der Waals surface area contributed by atoms with Crippen LogP contribution in [0.5, 0.6) is 0 Å². The van der Waals surface area contributed by atoms with E-state index in [0.717, 1.165) is 23.5 Å². The van der Waals surface area contributed by atoms with E-state index in [-0.39, 0.29) is 16.7 Å². The van der Waals surface area contributed by atoms with Crippen molar-refractivity contribution in [2.45, 2.75) is 56.4 Å². The van der Waals surface area contributed by atoms with Gasteiger partial charge in [0.15, 0.2) is 0 Å². The molecule has 0 saturated carbocycles. The Bertz CT molecular complexity index is 4060. The lowest BCUT2D eigenvalue weighted by atomic mass is 9.54. The molecule has 9 aromatic carbocycles. The van der Waals surface area contributed by atoms with E-state index in [2.05, 4.69) is 278 Å². The zero-order valence-electron chi connectivity index (χ0n) is 41.3. The number of anilines is 2. The average molecular weight is 985 g/mol. The number of benzene rings is 9. The molecule has 2 spiro atoms. The first-order valence-corrected chi connectivity index (χ1v) is 28.1. The molecule has 0 N–H and O–H groups in total. The Balaban J connectivity index is 0.986. The van der Waals surface area contributed by atoms with Gasteiger partial charge in [-0.15, -0.1) is 11.8 Å². The fraction of sp³-hybridized carbons (Fsp3) is 0.143. The summed E-state index contributed by atoms with van der Waals surface area (Å²) in [5.41, 5.74) is 18.5. The summed E-state index contributed by atoms with van der Waals surface area (Å²) in [5, 5.41) is 2.88. The molecule has 4 heteroatoms. The number of allylic oxidation sites excluding steroid dienone is 4. The summed E-state index contributed by atoms with van der Waals surface area (Å²) in [6.07, 6.45) is 14.0. The topological polar surface area (TPSA) is 8.17 Å². The van der Waals surface area contributed by atoms with Gasteiger partial charge in [0.05, 0.1) is 16.4 Å². The fourth-order valence-corrected chi connectivity index (χ4v) is 17.9. The normalized spacial score (nSPS) is 23.8. The summed E-state index contributed by atoms with van der Waals surface area (Å²) in [4.78, 5) is 6.67. The van der Waals surface area contributed by atoms with Crippen LogP contribution in [0.4, 0.5) is 11.4 Å². The van der Waals surface area contributed by atoms with Gasteiger partial charge >= 0.3 is 0 Å². The lowest BCUT2D eigenvalue weighted by Gasteiger charge is -2.54. The van der Waals surface area contributed by atoms with Crippen LogP contribution in [0, 0.1) is 17.8 Å². The molecule has 6 aliphatic rings. The van der Waals surface area contributed by atoms with Gasteiger partial charge in [-0.05, 0) is 135 Å². The molecule has 74 heavy (non-hydrogen) atoms. The van der Waals surface area contributed by atoms with E-state index in [0.29, 0.717) is 17.1 Å². The number of para-hydroxylation sites is 2. The van der Waals surface area contributed by atoms with Crippen LogP contribution in [-0.2, 0) is 16.2 Å². The van der Waals surface area contributed by atoms with Gasteiger partial charge < -0.3 is 9.47 Å². The van der Waals surface area contributed by atoms with Gasteiger partial charge in [0.2, 0.25) is 0 Å². The van der Waals surface area contributed by atoms with Crippen molar-refractivity contribution in [3.63, 3.8) is 0 Å². The average Bonchev–Trinajstić information content (AvgIpc) is 4.05. The summed E-state index contributed by atoms with van der Waals surface area (Å²) >= 11 is 3.99. The van der Waals surface area contributed by atoms with E-state index in [1.54, 1.807) is 0 Å². The van der Waals surface area contributed by atoms with Gasteiger partial charge in [-0.2, -0.15) is 0 Å². The Labute approximate surface area is 441 Å². The first-order chi connectivity index (χ1) is 36.5. The number of aromatic nitrogens is 1. The van der Waals surface area contributed by atoms with Crippen molar-refractivity contribution in [3.05, 3.63) is 287 Å². The fourth-order valence-electron chi connectivity index (χ4n) is 15.2. The minimum Gasteiger partial charge on any atom is -0.311 e. The minimum atomic E-state index is -0.508. The molecule has 16 rings (SSSR count). The van der Waals surface area contributed by atoms with Crippen LogP contribution >= 0.6 is 23.5 Å². The van der Waals surface area contributed by atoms with E-state index in [1.807, 2.05) is 11.8 Å². The first-order valence-electron chi connectivity index (χ1n) is 26.4. The van der Waals surface area contributed by atoms with Crippen LogP contribution in [0.3, 0.4) is 0 Å². The van der Waals surface area contributed by atoms with Crippen LogP contribution < -0.4 is 4.90 Å². The summed E-state index contributed by atoms with van der Waals surface area (Å²) in [6.45, 7) is 4.97. The molecule has 0 saturated heterocycles. The molecule has 354 valence electrons. The summed E-state index contributed by atoms with van der Waals surface area (Å²) in [6, 6.07) is 81.0. The Morgan fingerprint density at radius 2 is 1.12 bits per heavy atom. The number of rotatable bonds is 4. The molecule has 6 atom stereocenters. The Hall–Kier alpha value is -7.50. The molecule has 10 aromatic rings. The second-order valence-corrected chi connectivity index (χ2v) is 24.0. The maximum absolute atomic E-state index is 2.74. The van der Waals surface area contributed by atoms with Gasteiger partial charge in [-0.3, -0.25) is 0 Å². The number of nitrogens with zero attached hydrogens (tertiary/aromatic N) is 2. The first kappa shape index (κ1) is 43.0. The van der Waals surface area contributed by atoms with E-state index < -0.39 is 5.41 Å². The van der Waals surface area contributed by atoms with E-state index in [4.69, 9.17) is 0 Å². The zero-order valence-corrected chi connectivity index (χ0v) is 43.0. The maximum Gasteiger partial charge on any atom is 0.0736 e. The van der Waals surface area contributed by atoms with Crippen molar-refractivity contribution in [3.8, 4) is 16.8 Å². The monoisotopic (exact) mass is 984 g/mol. The minimum absolute atomic E-state index is 0.141.